The molecule has 2 aromatic rings. The maximum absolute atomic E-state index is 13.7. The number of hydrogen-bond acceptors (Lipinski definition) is 3. The van der Waals surface area contributed by atoms with Gasteiger partial charge in [0.05, 0.1) is 11.4 Å². The second kappa shape index (κ2) is 6.27. The number of thioether (sulfide) groups is 1. The zero-order valence-corrected chi connectivity index (χ0v) is 12.6. The molecule has 3 nitrogen and oxygen atoms in total. The van der Waals surface area contributed by atoms with E-state index in [2.05, 4.69) is 15.5 Å². The van der Waals surface area contributed by atoms with Gasteiger partial charge in [-0.1, -0.05) is 29.5 Å². The minimum absolute atomic E-state index is 0.175. The summed E-state index contributed by atoms with van der Waals surface area (Å²) in [6, 6.07) is 11.1. The number of hydrazone groups is 1. The van der Waals surface area contributed by atoms with Crippen molar-refractivity contribution in [3.63, 3.8) is 0 Å². The van der Waals surface area contributed by atoms with Crippen molar-refractivity contribution in [1.29, 1.82) is 0 Å². The Morgan fingerprint density at radius 1 is 1.14 bits per heavy atom. The lowest BCUT2D eigenvalue weighted by atomic mass is 10.1. The van der Waals surface area contributed by atoms with E-state index in [1.54, 1.807) is 0 Å². The summed E-state index contributed by atoms with van der Waals surface area (Å²) < 4.78 is 26.9. The van der Waals surface area contributed by atoms with Crippen LogP contribution in [0.25, 0.3) is 0 Å². The van der Waals surface area contributed by atoms with Crippen LogP contribution in [-0.4, -0.2) is 16.6 Å². The van der Waals surface area contributed by atoms with Gasteiger partial charge in [-0.25, -0.2) is 13.8 Å². The zero-order valence-electron chi connectivity index (χ0n) is 11.8. The summed E-state index contributed by atoms with van der Waals surface area (Å²) in [4.78, 5) is 4.42. The first-order valence-corrected chi connectivity index (χ1v) is 7.66. The number of rotatable bonds is 2. The summed E-state index contributed by atoms with van der Waals surface area (Å²) in [6.07, 6.45) is 0. The van der Waals surface area contributed by atoms with Crippen LogP contribution in [0.4, 0.5) is 14.5 Å². The van der Waals surface area contributed by atoms with E-state index in [1.807, 2.05) is 31.2 Å². The molecule has 0 aliphatic carbocycles. The van der Waals surface area contributed by atoms with E-state index in [0.717, 1.165) is 29.4 Å². The molecule has 112 valence electrons. The van der Waals surface area contributed by atoms with E-state index < -0.39 is 11.6 Å². The van der Waals surface area contributed by atoms with Gasteiger partial charge in [-0.3, -0.25) is 5.43 Å². The van der Waals surface area contributed by atoms with Crippen molar-refractivity contribution in [2.45, 2.75) is 6.92 Å². The number of benzene rings is 2. The van der Waals surface area contributed by atoms with Crippen LogP contribution in [-0.2, 0) is 0 Å². The van der Waals surface area contributed by atoms with Gasteiger partial charge in [0.15, 0.2) is 5.17 Å². The Hall–Kier alpha value is -2.21. The summed E-state index contributed by atoms with van der Waals surface area (Å²) in [5.41, 5.74) is 5.41. The molecule has 0 spiro atoms. The number of nitrogens with one attached hydrogen (secondary N) is 1. The van der Waals surface area contributed by atoms with E-state index >= 15 is 0 Å². The largest absolute Gasteiger partial charge is 0.255 e. The predicted molar refractivity (Wildman–Crippen MR) is 86.8 cm³/mol. The molecular weight excluding hydrogens is 304 g/mol. The fraction of sp³-hybridized carbons (Fsp3) is 0.125. The average Bonchev–Trinajstić information content (AvgIpc) is 2.53. The Labute approximate surface area is 131 Å². The fourth-order valence-corrected chi connectivity index (χ4v) is 2.74. The fourth-order valence-electron chi connectivity index (χ4n) is 1.97. The Balaban J connectivity index is 1.79. The van der Waals surface area contributed by atoms with Gasteiger partial charge in [0.2, 0.25) is 0 Å². The third-order valence-corrected chi connectivity index (χ3v) is 4.01. The topological polar surface area (TPSA) is 36.8 Å². The summed E-state index contributed by atoms with van der Waals surface area (Å²) in [6.45, 7) is 2.01. The van der Waals surface area contributed by atoms with Crippen molar-refractivity contribution in [2.24, 2.45) is 10.1 Å². The molecule has 1 heterocycles. The van der Waals surface area contributed by atoms with Gasteiger partial charge in [-0.05, 0) is 37.3 Å². The second-order valence-electron chi connectivity index (χ2n) is 4.84. The molecule has 0 radical (unpaired) electrons. The Bertz CT molecular complexity index is 754. The Morgan fingerprint density at radius 2 is 1.91 bits per heavy atom. The van der Waals surface area contributed by atoms with Gasteiger partial charge in [0, 0.05) is 11.3 Å². The molecule has 0 aromatic heterocycles. The van der Waals surface area contributed by atoms with Gasteiger partial charge >= 0.3 is 0 Å². The first kappa shape index (κ1) is 14.7. The first-order valence-electron chi connectivity index (χ1n) is 6.68. The molecule has 22 heavy (non-hydrogen) atoms. The summed E-state index contributed by atoms with van der Waals surface area (Å²) in [5, 5.41) is 4.73. The number of aliphatic imine (C=N–C) groups is 1. The lowest BCUT2D eigenvalue weighted by Gasteiger charge is -2.15. The van der Waals surface area contributed by atoms with Crippen molar-refractivity contribution in [1.82, 2.24) is 5.43 Å². The van der Waals surface area contributed by atoms with E-state index in [9.17, 15) is 8.78 Å². The third kappa shape index (κ3) is 3.33. The van der Waals surface area contributed by atoms with Crippen molar-refractivity contribution in [3.8, 4) is 0 Å². The highest BCUT2D eigenvalue weighted by molar-refractivity contribution is 8.14. The lowest BCUT2D eigenvalue weighted by Crippen LogP contribution is -2.25. The Kier molecular flexibility index (Phi) is 4.20. The van der Waals surface area contributed by atoms with Crippen LogP contribution in [0.2, 0.25) is 0 Å². The monoisotopic (exact) mass is 317 g/mol. The summed E-state index contributed by atoms with van der Waals surface area (Å²) >= 11 is 1.40. The van der Waals surface area contributed by atoms with Gasteiger partial charge in [-0.15, -0.1) is 0 Å². The molecule has 0 unspecified atom stereocenters. The van der Waals surface area contributed by atoms with E-state index in [4.69, 9.17) is 0 Å². The first-order chi connectivity index (χ1) is 10.6. The van der Waals surface area contributed by atoms with Crippen LogP contribution >= 0.6 is 11.8 Å². The predicted octanol–water partition coefficient (Wildman–Crippen LogP) is 4.00. The molecule has 0 bridgehead atoms. The SMILES string of the molecule is Cc1ccc(N=C2NN=C(c3cc(F)ccc3F)CS2)cc1. The molecule has 0 saturated heterocycles. The van der Waals surface area contributed by atoms with Crippen molar-refractivity contribution >= 4 is 28.3 Å². The van der Waals surface area contributed by atoms with E-state index in [0.29, 0.717) is 16.6 Å². The number of aryl methyl sites for hydroxylation is 1. The minimum Gasteiger partial charge on any atom is -0.255 e. The number of hydrogen-bond donors (Lipinski definition) is 1. The highest BCUT2D eigenvalue weighted by Gasteiger charge is 2.17. The van der Waals surface area contributed by atoms with Gasteiger partial charge in [0.25, 0.3) is 0 Å². The maximum atomic E-state index is 13.7. The van der Waals surface area contributed by atoms with Crippen LogP contribution in [0.3, 0.4) is 0 Å². The van der Waals surface area contributed by atoms with Crippen molar-refractivity contribution < 1.29 is 8.78 Å². The van der Waals surface area contributed by atoms with Gasteiger partial charge < -0.3 is 0 Å². The minimum atomic E-state index is -0.485. The second-order valence-corrected chi connectivity index (χ2v) is 5.80. The van der Waals surface area contributed by atoms with Gasteiger partial charge in [0.1, 0.15) is 11.6 Å². The van der Waals surface area contributed by atoms with Crippen molar-refractivity contribution in [2.75, 3.05) is 5.75 Å². The van der Waals surface area contributed by atoms with Crippen LogP contribution in [0.1, 0.15) is 11.1 Å². The number of amidine groups is 1. The van der Waals surface area contributed by atoms with E-state index in [1.165, 1.54) is 11.8 Å². The molecule has 2 aromatic carbocycles. The molecule has 3 rings (SSSR count). The molecule has 0 fully saturated rings. The summed E-state index contributed by atoms with van der Waals surface area (Å²) in [5.74, 6) is -0.539. The highest BCUT2D eigenvalue weighted by Crippen LogP contribution is 2.20. The molecule has 0 atom stereocenters. The molecular formula is C16H13F2N3S. The zero-order chi connectivity index (χ0) is 15.5. The Morgan fingerprint density at radius 3 is 2.59 bits per heavy atom. The quantitative estimate of drug-likeness (QED) is 0.909. The normalized spacial score (nSPS) is 16.3. The van der Waals surface area contributed by atoms with E-state index in [-0.39, 0.29) is 5.56 Å². The number of halogens is 2. The van der Waals surface area contributed by atoms with Crippen LogP contribution in [0.5, 0.6) is 0 Å². The molecule has 1 aliphatic heterocycles. The van der Waals surface area contributed by atoms with Gasteiger partial charge in [-0.2, -0.15) is 5.10 Å². The molecule has 0 amide bonds. The third-order valence-electron chi connectivity index (χ3n) is 3.14. The maximum Gasteiger partial charge on any atom is 0.182 e. The molecule has 6 heteroatoms. The van der Waals surface area contributed by atoms with Crippen LogP contribution < -0.4 is 5.43 Å². The van der Waals surface area contributed by atoms with Crippen LogP contribution in [0.15, 0.2) is 52.6 Å². The smallest absolute Gasteiger partial charge is 0.182 e. The molecule has 1 N–H and O–H groups in total. The lowest BCUT2D eigenvalue weighted by molar-refractivity contribution is 0.598. The average molecular weight is 317 g/mol. The summed E-state index contributed by atoms with van der Waals surface area (Å²) in [7, 11) is 0. The number of nitrogens with zero attached hydrogens (tertiary/aromatic N) is 2. The highest BCUT2D eigenvalue weighted by atomic mass is 32.2. The van der Waals surface area contributed by atoms with Crippen molar-refractivity contribution in [3.05, 3.63) is 65.2 Å². The molecule has 0 saturated carbocycles. The van der Waals surface area contributed by atoms with Crippen LogP contribution in [0, 0.1) is 18.6 Å². The molecule has 1 aliphatic rings. The standard InChI is InChI=1S/C16H13F2N3S/c1-10-2-5-12(6-3-10)19-16-21-20-15(9-22-16)13-8-11(17)4-7-14(13)18/h2-8H,9H2,1H3,(H,19,21).